The van der Waals surface area contributed by atoms with Crippen molar-refractivity contribution in [3.63, 3.8) is 0 Å². The Balaban J connectivity index is 1.68. The van der Waals surface area contributed by atoms with Crippen LogP contribution in [0.5, 0.6) is 0 Å². The number of anilines is 1. The predicted octanol–water partition coefficient (Wildman–Crippen LogP) is 2.13. The molecule has 114 valence electrons. The lowest BCUT2D eigenvalue weighted by Crippen LogP contribution is -2.26. The first-order chi connectivity index (χ1) is 10.1. The summed E-state index contributed by atoms with van der Waals surface area (Å²) in [5.41, 5.74) is 2.45. The zero-order valence-electron chi connectivity index (χ0n) is 12.5. The van der Waals surface area contributed by atoms with Crippen LogP contribution in [0.15, 0.2) is 6.07 Å². The average Bonchev–Trinajstić information content (AvgIpc) is 3.17. The summed E-state index contributed by atoms with van der Waals surface area (Å²) in [6.45, 7) is 2.11. The highest BCUT2D eigenvalue weighted by atomic mass is 16.5. The van der Waals surface area contributed by atoms with E-state index in [0.717, 1.165) is 43.0 Å². The fourth-order valence-corrected chi connectivity index (χ4v) is 2.75. The number of aryl methyl sites for hydroxylation is 2. The van der Waals surface area contributed by atoms with E-state index >= 15 is 0 Å². The number of ether oxygens (including phenoxy) is 1. The Hall–Kier alpha value is -1.62. The van der Waals surface area contributed by atoms with Crippen LogP contribution in [0.2, 0.25) is 0 Å². The van der Waals surface area contributed by atoms with Gasteiger partial charge in [0.1, 0.15) is 11.4 Å². The van der Waals surface area contributed by atoms with Gasteiger partial charge >= 0.3 is 5.97 Å². The summed E-state index contributed by atoms with van der Waals surface area (Å²) in [7, 11) is 1.89. The molecule has 1 aromatic rings. The number of carboxylic acid groups (broad SMARTS) is 1. The average molecular weight is 290 g/mol. The van der Waals surface area contributed by atoms with Crippen LogP contribution in [0.3, 0.4) is 0 Å². The lowest BCUT2D eigenvalue weighted by atomic mass is 10.1. The summed E-state index contributed by atoms with van der Waals surface area (Å²) < 4.78 is 5.63. The second-order valence-corrected chi connectivity index (χ2v) is 6.06. The quantitative estimate of drug-likeness (QED) is 0.779. The lowest BCUT2D eigenvalue weighted by Gasteiger charge is -2.21. The van der Waals surface area contributed by atoms with Crippen LogP contribution >= 0.6 is 0 Å². The molecule has 2 aliphatic carbocycles. The molecule has 1 heterocycles. The topological polar surface area (TPSA) is 62.7 Å². The number of aromatic carboxylic acids is 1. The normalized spacial score (nSPS) is 16.8. The van der Waals surface area contributed by atoms with Gasteiger partial charge in [-0.15, -0.1) is 0 Å². The first-order valence-electron chi connectivity index (χ1n) is 7.70. The summed E-state index contributed by atoms with van der Waals surface area (Å²) in [6, 6.07) is 1.80. The zero-order valence-corrected chi connectivity index (χ0v) is 12.5. The minimum absolute atomic E-state index is 0.306. The van der Waals surface area contributed by atoms with Crippen LogP contribution < -0.4 is 4.90 Å². The van der Waals surface area contributed by atoms with Gasteiger partial charge in [0.15, 0.2) is 0 Å². The molecule has 1 fully saturated rings. The zero-order chi connectivity index (χ0) is 14.8. The molecule has 1 saturated carbocycles. The molecular weight excluding hydrogens is 268 g/mol. The SMILES string of the molecule is CN(CCOCC1CC1)c1nc2c(cc1C(=O)O)CCC2. The molecular formula is C16H22N2O3. The lowest BCUT2D eigenvalue weighted by molar-refractivity contribution is 0.0696. The van der Waals surface area contributed by atoms with Crippen LogP contribution in [0.1, 0.15) is 40.9 Å². The molecule has 0 atom stereocenters. The fraction of sp³-hybridized carbons (Fsp3) is 0.625. The molecule has 1 aromatic heterocycles. The van der Waals surface area contributed by atoms with Crippen molar-refractivity contribution in [1.29, 1.82) is 0 Å². The van der Waals surface area contributed by atoms with Crippen molar-refractivity contribution in [2.45, 2.75) is 32.1 Å². The van der Waals surface area contributed by atoms with Gasteiger partial charge in [0, 0.05) is 25.9 Å². The van der Waals surface area contributed by atoms with Gasteiger partial charge in [-0.3, -0.25) is 0 Å². The van der Waals surface area contributed by atoms with Crippen molar-refractivity contribution in [2.75, 3.05) is 31.7 Å². The van der Waals surface area contributed by atoms with E-state index in [1.807, 2.05) is 11.9 Å². The monoisotopic (exact) mass is 290 g/mol. The van der Waals surface area contributed by atoms with Crippen LogP contribution in [0, 0.1) is 5.92 Å². The van der Waals surface area contributed by atoms with Crippen molar-refractivity contribution in [3.8, 4) is 0 Å². The Morgan fingerprint density at radius 3 is 3.00 bits per heavy atom. The van der Waals surface area contributed by atoms with Crippen molar-refractivity contribution < 1.29 is 14.6 Å². The number of carbonyl (C=O) groups is 1. The van der Waals surface area contributed by atoms with Gasteiger partial charge in [0.2, 0.25) is 0 Å². The fourth-order valence-electron chi connectivity index (χ4n) is 2.75. The van der Waals surface area contributed by atoms with Gasteiger partial charge < -0.3 is 14.7 Å². The van der Waals surface area contributed by atoms with E-state index < -0.39 is 5.97 Å². The van der Waals surface area contributed by atoms with Gasteiger partial charge in [-0.2, -0.15) is 0 Å². The van der Waals surface area contributed by atoms with E-state index in [2.05, 4.69) is 4.98 Å². The summed E-state index contributed by atoms with van der Waals surface area (Å²) in [5.74, 6) is 0.416. The standard InChI is InChI=1S/C16H22N2O3/c1-18(7-8-21-10-11-5-6-11)15-13(16(19)20)9-12-3-2-4-14(12)17-15/h9,11H,2-8,10H2,1H3,(H,19,20). The van der Waals surface area contributed by atoms with Crippen molar-refractivity contribution in [3.05, 3.63) is 22.9 Å². The van der Waals surface area contributed by atoms with E-state index in [0.29, 0.717) is 24.5 Å². The van der Waals surface area contributed by atoms with Crippen LogP contribution in [0.25, 0.3) is 0 Å². The van der Waals surface area contributed by atoms with E-state index in [1.165, 1.54) is 12.8 Å². The molecule has 0 unspecified atom stereocenters. The van der Waals surface area contributed by atoms with Crippen LogP contribution in [0.4, 0.5) is 5.82 Å². The summed E-state index contributed by atoms with van der Waals surface area (Å²) in [6.07, 6.45) is 5.53. The van der Waals surface area contributed by atoms with Gasteiger partial charge in [0.25, 0.3) is 0 Å². The largest absolute Gasteiger partial charge is 0.478 e. The first-order valence-corrected chi connectivity index (χ1v) is 7.70. The number of rotatable bonds is 7. The minimum atomic E-state index is -0.905. The number of fused-ring (bicyclic) bond motifs is 1. The molecule has 1 N–H and O–H groups in total. The Labute approximate surface area is 124 Å². The molecule has 2 aliphatic rings. The van der Waals surface area contributed by atoms with Crippen LogP contribution in [-0.2, 0) is 17.6 Å². The number of likely N-dealkylation sites (N-methyl/N-ethyl adjacent to an activating group) is 1. The third-order valence-electron chi connectivity index (χ3n) is 4.24. The Morgan fingerprint density at radius 2 is 2.29 bits per heavy atom. The van der Waals surface area contributed by atoms with E-state index in [-0.39, 0.29) is 0 Å². The number of hydrogen-bond acceptors (Lipinski definition) is 4. The molecule has 5 nitrogen and oxygen atoms in total. The highest BCUT2D eigenvalue weighted by Gasteiger charge is 2.23. The van der Waals surface area contributed by atoms with Crippen LogP contribution in [-0.4, -0.2) is 42.9 Å². The summed E-state index contributed by atoms with van der Waals surface area (Å²) >= 11 is 0. The molecule has 0 bridgehead atoms. The maximum atomic E-state index is 11.5. The Morgan fingerprint density at radius 1 is 1.48 bits per heavy atom. The van der Waals surface area contributed by atoms with Gasteiger partial charge in [-0.05, 0) is 49.7 Å². The highest BCUT2D eigenvalue weighted by Crippen LogP contribution is 2.29. The first kappa shape index (κ1) is 14.3. The molecule has 0 amide bonds. The molecule has 0 radical (unpaired) electrons. The Bertz CT molecular complexity index is 541. The third-order valence-corrected chi connectivity index (χ3v) is 4.24. The van der Waals surface area contributed by atoms with Gasteiger partial charge in [-0.25, -0.2) is 9.78 Å². The van der Waals surface area contributed by atoms with Crippen molar-refractivity contribution >= 4 is 11.8 Å². The third kappa shape index (κ3) is 3.35. The van der Waals surface area contributed by atoms with Crippen molar-refractivity contribution in [2.24, 2.45) is 5.92 Å². The molecule has 0 saturated heterocycles. The second-order valence-electron chi connectivity index (χ2n) is 6.06. The number of carboxylic acids is 1. The minimum Gasteiger partial charge on any atom is -0.478 e. The number of nitrogens with zero attached hydrogens (tertiary/aromatic N) is 2. The number of aromatic nitrogens is 1. The van der Waals surface area contributed by atoms with Gasteiger partial charge in [-0.1, -0.05) is 0 Å². The maximum Gasteiger partial charge on any atom is 0.339 e. The Kier molecular flexibility index (Phi) is 4.10. The summed E-state index contributed by atoms with van der Waals surface area (Å²) in [4.78, 5) is 17.9. The molecule has 21 heavy (non-hydrogen) atoms. The van der Waals surface area contributed by atoms with E-state index in [9.17, 15) is 9.90 Å². The number of pyridine rings is 1. The van der Waals surface area contributed by atoms with Gasteiger partial charge in [0.05, 0.1) is 6.61 Å². The molecule has 0 spiro atoms. The predicted molar refractivity (Wildman–Crippen MR) is 80.0 cm³/mol. The molecule has 5 heteroatoms. The maximum absolute atomic E-state index is 11.5. The second kappa shape index (κ2) is 6.02. The van der Waals surface area contributed by atoms with E-state index in [4.69, 9.17) is 4.74 Å². The van der Waals surface area contributed by atoms with E-state index in [1.54, 1.807) is 6.07 Å². The molecule has 0 aromatic carbocycles. The number of hydrogen-bond donors (Lipinski definition) is 1. The highest BCUT2D eigenvalue weighted by molar-refractivity contribution is 5.93. The molecule has 0 aliphatic heterocycles. The smallest absolute Gasteiger partial charge is 0.339 e. The summed E-state index contributed by atoms with van der Waals surface area (Å²) in [5, 5.41) is 9.40. The molecule has 3 rings (SSSR count). The van der Waals surface area contributed by atoms with Crippen molar-refractivity contribution in [1.82, 2.24) is 4.98 Å².